The van der Waals surface area contributed by atoms with E-state index in [0.29, 0.717) is 17.8 Å². The Morgan fingerprint density at radius 2 is 1.92 bits per heavy atom. The predicted octanol–water partition coefficient (Wildman–Crippen LogP) is 4.01. The summed E-state index contributed by atoms with van der Waals surface area (Å²) in [4.78, 5) is 11.9. The van der Waals surface area contributed by atoms with Gasteiger partial charge in [0.05, 0.1) is 0 Å². The van der Waals surface area contributed by atoms with Crippen molar-refractivity contribution < 1.29 is 24.0 Å². The minimum absolute atomic E-state index is 0.210. The lowest BCUT2D eigenvalue weighted by Gasteiger charge is -2.60. The molecular weight excluding hydrogens is 308 g/mol. The van der Waals surface area contributed by atoms with Crippen molar-refractivity contribution in [1.29, 1.82) is 0 Å². The third-order valence-corrected chi connectivity index (χ3v) is 6.88. The Bertz CT molecular complexity index is 471. The van der Waals surface area contributed by atoms with E-state index < -0.39 is 11.4 Å². The Balaban J connectivity index is 1.64. The summed E-state index contributed by atoms with van der Waals surface area (Å²) in [6, 6.07) is 0. The van der Waals surface area contributed by atoms with Gasteiger partial charge in [-0.15, -0.1) is 0 Å². The third-order valence-electron chi connectivity index (χ3n) is 6.88. The van der Waals surface area contributed by atoms with Crippen LogP contribution in [0.5, 0.6) is 0 Å². The molecule has 0 N–H and O–H groups in total. The molecule has 138 valence electrons. The Morgan fingerprint density at radius 3 is 2.71 bits per heavy atom. The number of unbranched alkanes of at least 4 members (excludes halogenated alkanes) is 1. The van der Waals surface area contributed by atoms with E-state index in [-0.39, 0.29) is 18.5 Å². The van der Waals surface area contributed by atoms with Crippen molar-refractivity contribution >= 4 is 0 Å². The zero-order valence-electron chi connectivity index (χ0n) is 15.5. The van der Waals surface area contributed by atoms with Crippen LogP contribution in [0.3, 0.4) is 0 Å². The van der Waals surface area contributed by atoms with Crippen LogP contribution in [0.1, 0.15) is 66.2 Å². The fourth-order valence-corrected chi connectivity index (χ4v) is 5.41. The van der Waals surface area contributed by atoms with Crippen LogP contribution in [0.25, 0.3) is 0 Å². The van der Waals surface area contributed by atoms with Crippen molar-refractivity contribution in [3.05, 3.63) is 0 Å². The smallest absolute Gasteiger partial charge is 0.201 e. The summed E-state index contributed by atoms with van der Waals surface area (Å²) in [5, 5.41) is 0. The highest BCUT2D eigenvalue weighted by atomic mass is 17.3. The first kappa shape index (κ1) is 17.2. The normalized spacial score (nSPS) is 53.5. The van der Waals surface area contributed by atoms with Gasteiger partial charge in [0.1, 0.15) is 0 Å². The number of hydrogen-bond donors (Lipinski definition) is 0. The zero-order chi connectivity index (χ0) is 16.9. The summed E-state index contributed by atoms with van der Waals surface area (Å²) in [5.74, 6) is 0.954. The third kappa shape index (κ3) is 2.47. The summed E-state index contributed by atoms with van der Waals surface area (Å²) in [6.45, 7) is 9.46. The first-order valence-electron chi connectivity index (χ1n) is 9.82. The highest BCUT2D eigenvalue weighted by Gasteiger charge is 2.69. The highest BCUT2D eigenvalue weighted by Crippen LogP contribution is 2.60. The van der Waals surface area contributed by atoms with Crippen LogP contribution in [-0.4, -0.2) is 30.6 Å². The molecule has 5 aliphatic rings. The van der Waals surface area contributed by atoms with Gasteiger partial charge in [-0.1, -0.05) is 27.2 Å². The van der Waals surface area contributed by atoms with Gasteiger partial charge in [-0.3, -0.25) is 0 Å². The van der Waals surface area contributed by atoms with Crippen LogP contribution in [-0.2, 0) is 24.0 Å². The van der Waals surface area contributed by atoms with Gasteiger partial charge < -0.3 is 14.2 Å². The molecule has 1 aliphatic carbocycles. The van der Waals surface area contributed by atoms with E-state index in [0.717, 1.165) is 38.7 Å². The summed E-state index contributed by atoms with van der Waals surface area (Å²) in [7, 11) is 0. The molecule has 0 radical (unpaired) electrons. The number of rotatable bonds is 4. The van der Waals surface area contributed by atoms with Crippen molar-refractivity contribution in [3.8, 4) is 0 Å². The van der Waals surface area contributed by atoms with Gasteiger partial charge in [-0.25, -0.2) is 9.78 Å². The molecule has 2 bridgehead atoms. The molecule has 0 aromatic carbocycles. The lowest BCUT2D eigenvalue weighted by atomic mass is 9.58. The van der Waals surface area contributed by atoms with E-state index in [1.807, 2.05) is 6.92 Å². The van der Waals surface area contributed by atoms with Crippen LogP contribution in [0, 0.1) is 23.7 Å². The molecular formula is C19H32O5. The van der Waals surface area contributed by atoms with Gasteiger partial charge in [-0.2, -0.15) is 0 Å². The molecule has 3 unspecified atom stereocenters. The van der Waals surface area contributed by atoms with Gasteiger partial charge in [0.15, 0.2) is 18.2 Å². The molecule has 5 rings (SSSR count). The van der Waals surface area contributed by atoms with Crippen LogP contribution in [0.15, 0.2) is 0 Å². The van der Waals surface area contributed by atoms with Gasteiger partial charge in [0, 0.05) is 24.9 Å². The SMILES string of the molecule is CCCCOC1O[C@@H]2O[C@@]3(C)CCC4[C@H](C)CCC([C@H]1C)[C@]42OO3. The van der Waals surface area contributed by atoms with Crippen LogP contribution >= 0.6 is 0 Å². The second-order valence-electron chi connectivity index (χ2n) is 8.50. The van der Waals surface area contributed by atoms with Crippen molar-refractivity contribution in [1.82, 2.24) is 0 Å². The van der Waals surface area contributed by atoms with Crippen LogP contribution in [0.4, 0.5) is 0 Å². The van der Waals surface area contributed by atoms with E-state index in [2.05, 4.69) is 20.8 Å². The molecule has 1 saturated carbocycles. The Kier molecular flexibility index (Phi) is 4.45. The molecule has 0 aromatic rings. The largest absolute Gasteiger partial charge is 0.352 e. The summed E-state index contributed by atoms with van der Waals surface area (Å²) >= 11 is 0. The standard InChI is InChI=1S/C19H32O5/c1-5-6-11-20-16-13(3)15-8-7-12(2)14-9-10-18(4)22-17(21-16)19(14,15)24-23-18/h12-17H,5-11H2,1-4H3/t12-,13-,14?,15?,16?,17-,18-,19-/m1/s1. The molecule has 24 heavy (non-hydrogen) atoms. The second-order valence-corrected chi connectivity index (χ2v) is 8.50. The first-order valence-corrected chi connectivity index (χ1v) is 9.82. The number of fused-ring (bicyclic) bond motifs is 2. The molecule has 1 spiro atoms. The van der Waals surface area contributed by atoms with E-state index >= 15 is 0 Å². The van der Waals surface area contributed by atoms with Crippen molar-refractivity contribution in [2.24, 2.45) is 23.7 Å². The zero-order valence-corrected chi connectivity index (χ0v) is 15.5. The molecule has 5 nitrogen and oxygen atoms in total. The predicted molar refractivity (Wildman–Crippen MR) is 87.7 cm³/mol. The summed E-state index contributed by atoms with van der Waals surface area (Å²) in [6.07, 6.45) is 5.87. The van der Waals surface area contributed by atoms with Gasteiger partial charge >= 0.3 is 0 Å². The Labute approximate surface area is 145 Å². The molecule has 5 heteroatoms. The van der Waals surface area contributed by atoms with E-state index in [9.17, 15) is 0 Å². The second kappa shape index (κ2) is 6.20. The average Bonchev–Trinajstić information content (AvgIpc) is 2.78. The minimum atomic E-state index is -0.702. The van der Waals surface area contributed by atoms with Gasteiger partial charge in [0.25, 0.3) is 0 Å². The maximum atomic E-state index is 6.35. The minimum Gasteiger partial charge on any atom is -0.352 e. The molecule has 0 aromatic heterocycles. The van der Waals surface area contributed by atoms with Crippen molar-refractivity contribution in [2.45, 2.75) is 90.2 Å². The Morgan fingerprint density at radius 1 is 1.08 bits per heavy atom. The first-order chi connectivity index (χ1) is 11.5. The van der Waals surface area contributed by atoms with Crippen LogP contribution < -0.4 is 0 Å². The fraction of sp³-hybridized carbons (Fsp3) is 1.00. The molecule has 5 fully saturated rings. The van der Waals surface area contributed by atoms with Crippen molar-refractivity contribution in [3.63, 3.8) is 0 Å². The van der Waals surface area contributed by atoms with Gasteiger partial charge in [0.2, 0.25) is 5.79 Å². The lowest BCUT2D eigenvalue weighted by Crippen LogP contribution is -2.70. The van der Waals surface area contributed by atoms with Gasteiger partial charge in [-0.05, 0) is 44.4 Å². The molecule has 8 atom stereocenters. The Hall–Kier alpha value is -0.200. The average molecular weight is 340 g/mol. The van der Waals surface area contributed by atoms with E-state index in [1.165, 1.54) is 6.42 Å². The topological polar surface area (TPSA) is 46.2 Å². The van der Waals surface area contributed by atoms with Crippen molar-refractivity contribution in [2.75, 3.05) is 6.61 Å². The lowest BCUT2D eigenvalue weighted by molar-refractivity contribution is -0.577. The molecule has 4 aliphatic heterocycles. The maximum absolute atomic E-state index is 6.35. The monoisotopic (exact) mass is 340 g/mol. The van der Waals surface area contributed by atoms with E-state index in [4.69, 9.17) is 24.0 Å². The molecule has 4 saturated heterocycles. The molecule has 4 heterocycles. The maximum Gasteiger partial charge on any atom is 0.201 e. The fourth-order valence-electron chi connectivity index (χ4n) is 5.41. The quantitative estimate of drug-likeness (QED) is 0.571. The van der Waals surface area contributed by atoms with Crippen LogP contribution in [0.2, 0.25) is 0 Å². The molecule has 0 amide bonds. The summed E-state index contributed by atoms with van der Waals surface area (Å²) in [5.41, 5.74) is -0.474. The summed E-state index contributed by atoms with van der Waals surface area (Å²) < 4.78 is 18.7. The highest BCUT2D eigenvalue weighted by molar-refractivity contribution is 5.09. The number of ether oxygens (including phenoxy) is 3. The number of hydrogen-bond acceptors (Lipinski definition) is 5. The van der Waals surface area contributed by atoms with E-state index in [1.54, 1.807) is 0 Å².